The van der Waals surface area contributed by atoms with Crippen LogP contribution in [-0.2, 0) is 11.3 Å². The third kappa shape index (κ3) is 4.33. The molecule has 0 radical (unpaired) electrons. The summed E-state index contributed by atoms with van der Waals surface area (Å²) in [6.45, 7) is 3.20. The molecule has 2 unspecified atom stereocenters. The van der Waals surface area contributed by atoms with Gasteiger partial charge in [0.25, 0.3) is 5.91 Å². The number of rotatable bonds is 7. The number of carbonyl (C=O) groups excluding carboxylic acids is 1. The number of aliphatic hydroxyl groups excluding tert-OH is 1. The van der Waals surface area contributed by atoms with Crippen molar-refractivity contribution < 1.29 is 14.6 Å². The number of nitrogens with one attached hydrogen (secondary N) is 1. The van der Waals surface area contributed by atoms with E-state index >= 15 is 0 Å². The average molecular weight is 303 g/mol. The fourth-order valence-corrected chi connectivity index (χ4v) is 2.13. The first kappa shape index (κ1) is 16.0. The van der Waals surface area contributed by atoms with Crippen LogP contribution >= 0.6 is 0 Å². The molecule has 0 aliphatic heterocycles. The maximum atomic E-state index is 12.0. The van der Waals surface area contributed by atoms with Crippen molar-refractivity contribution in [2.24, 2.45) is 5.92 Å². The van der Waals surface area contributed by atoms with Gasteiger partial charge in [-0.05, 0) is 29.7 Å². The van der Waals surface area contributed by atoms with Gasteiger partial charge in [0.1, 0.15) is 5.75 Å². The van der Waals surface area contributed by atoms with Crippen molar-refractivity contribution in [3.05, 3.63) is 48.3 Å². The average Bonchev–Trinajstić information content (AvgIpc) is 3.04. The number of carbonyl (C=O) groups is 1. The Morgan fingerprint density at radius 1 is 1.45 bits per heavy atom. The van der Waals surface area contributed by atoms with Gasteiger partial charge in [0.05, 0.1) is 7.11 Å². The van der Waals surface area contributed by atoms with E-state index in [0.29, 0.717) is 24.4 Å². The molecule has 6 heteroatoms. The fraction of sp³-hybridized carbons (Fsp3) is 0.375. The zero-order valence-electron chi connectivity index (χ0n) is 12.8. The van der Waals surface area contributed by atoms with Gasteiger partial charge in [-0.25, -0.2) is 0 Å². The lowest BCUT2D eigenvalue weighted by Crippen LogP contribution is -2.33. The fourth-order valence-electron chi connectivity index (χ4n) is 2.13. The summed E-state index contributed by atoms with van der Waals surface area (Å²) in [7, 11) is 1.54. The molecule has 1 heterocycles. The van der Waals surface area contributed by atoms with Crippen molar-refractivity contribution in [2.45, 2.75) is 19.6 Å². The number of methoxy groups -OCH3 is 1. The molecule has 0 spiro atoms. The molecule has 2 rings (SSSR count). The minimum Gasteiger partial charge on any atom is -0.497 e. The molecule has 2 N–H and O–H groups in total. The van der Waals surface area contributed by atoms with E-state index in [9.17, 15) is 9.90 Å². The van der Waals surface area contributed by atoms with Gasteiger partial charge in [-0.1, -0.05) is 19.1 Å². The summed E-state index contributed by atoms with van der Waals surface area (Å²) >= 11 is 0. The lowest BCUT2D eigenvalue weighted by Gasteiger charge is -2.16. The normalized spacial score (nSPS) is 13.4. The van der Waals surface area contributed by atoms with Gasteiger partial charge in [0, 0.05) is 25.5 Å². The van der Waals surface area contributed by atoms with E-state index in [1.807, 2.05) is 23.9 Å². The maximum absolute atomic E-state index is 12.0. The number of nitrogens with zero attached hydrogens (tertiary/aromatic N) is 2. The maximum Gasteiger partial charge on any atom is 0.253 e. The molecule has 0 aliphatic carbocycles. The molecule has 22 heavy (non-hydrogen) atoms. The highest BCUT2D eigenvalue weighted by molar-refractivity contribution is 5.82. The first-order chi connectivity index (χ1) is 10.6. The molecular weight excluding hydrogens is 282 g/mol. The standard InChI is InChI=1S/C16H21N3O3/c1-12(11-19-8-4-7-18-19)10-17-16(21)15(20)13-5-3-6-14(9-13)22-2/h3-9,12,15,20H,10-11H2,1-2H3,(H,17,21). The third-order valence-electron chi connectivity index (χ3n) is 3.34. The van der Waals surface area contributed by atoms with Gasteiger partial charge in [-0.3, -0.25) is 9.48 Å². The molecule has 0 aliphatic rings. The van der Waals surface area contributed by atoms with Crippen LogP contribution in [-0.4, -0.2) is 34.4 Å². The Morgan fingerprint density at radius 2 is 2.27 bits per heavy atom. The summed E-state index contributed by atoms with van der Waals surface area (Å²) in [5.41, 5.74) is 0.511. The first-order valence-electron chi connectivity index (χ1n) is 7.17. The number of amides is 1. The number of aliphatic hydroxyl groups is 1. The number of benzene rings is 1. The zero-order chi connectivity index (χ0) is 15.9. The topological polar surface area (TPSA) is 76.4 Å². The Hall–Kier alpha value is -2.34. The second-order valence-electron chi connectivity index (χ2n) is 5.26. The molecule has 1 aromatic carbocycles. The van der Waals surface area contributed by atoms with Gasteiger partial charge in [0.2, 0.25) is 0 Å². The van der Waals surface area contributed by atoms with E-state index in [4.69, 9.17) is 4.74 Å². The van der Waals surface area contributed by atoms with Crippen molar-refractivity contribution in [2.75, 3.05) is 13.7 Å². The smallest absolute Gasteiger partial charge is 0.253 e. The number of hydrogen-bond acceptors (Lipinski definition) is 4. The second-order valence-corrected chi connectivity index (χ2v) is 5.26. The van der Waals surface area contributed by atoms with Crippen LogP contribution in [0.5, 0.6) is 5.75 Å². The zero-order valence-corrected chi connectivity index (χ0v) is 12.8. The number of aromatic nitrogens is 2. The van der Waals surface area contributed by atoms with Gasteiger partial charge in [-0.15, -0.1) is 0 Å². The highest BCUT2D eigenvalue weighted by Crippen LogP contribution is 2.19. The van der Waals surface area contributed by atoms with Crippen LogP contribution in [0.25, 0.3) is 0 Å². The van der Waals surface area contributed by atoms with Gasteiger partial charge in [-0.2, -0.15) is 5.10 Å². The van der Waals surface area contributed by atoms with Crippen molar-refractivity contribution in [3.63, 3.8) is 0 Å². The molecule has 6 nitrogen and oxygen atoms in total. The Kier molecular flexibility index (Phi) is 5.55. The van der Waals surface area contributed by atoms with Crippen LogP contribution in [0.2, 0.25) is 0 Å². The predicted molar refractivity (Wildman–Crippen MR) is 82.4 cm³/mol. The minimum atomic E-state index is -1.20. The van der Waals surface area contributed by atoms with Crippen LogP contribution in [0, 0.1) is 5.92 Å². The highest BCUT2D eigenvalue weighted by Gasteiger charge is 2.18. The Balaban J connectivity index is 1.85. The molecule has 0 bridgehead atoms. The third-order valence-corrected chi connectivity index (χ3v) is 3.34. The lowest BCUT2D eigenvalue weighted by atomic mass is 10.1. The molecule has 1 amide bonds. The SMILES string of the molecule is COc1cccc(C(O)C(=O)NCC(C)Cn2cccn2)c1. The highest BCUT2D eigenvalue weighted by atomic mass is 16.5. The second kappa shape index (κ2) is 7.61. The number of hydrogen-bond donors (Lipinski definition) is 2. The van der Waals surface area contributed by atoms with Gasteiger partial charge in [0.15, 0.2) is 6.10 Å². The summed E-state index contributed by atoms with van der Waals surface area (Å²) in [5.74, 6) is 0.401. The molecule has 1 aromatic heterocycles. The Morgan fingerprint density at radius 3 is 2.95 bits per heavy atom. The quantitative estimate of drug-likeness (QED) is 0.810. The van der Waals surface area contributed by atoms with E-state index in [0.717, 1.165) is 0 Å². The van der Waals surface area contributed by atoms with Crippen LogP contribution in [0.4, 0.5) is 0 Å². The summed E-state index contributed by atoms with van der Waals surface area (Å²) in [5, 5.41) is 17.0. The largest absolute Gasteiger partial charge is 0.497 e. The van der Waals surface area contributed by atoms with Crippen LogP contribution in [0.1, 0.15) is 18.6 Å². The summed E-state index contributed by atoms with van der Waals surface area (Å²) in [6, 6.07) is 8.71. The Labute approximate surface area is 129 Å². The summed E-state index contributed by atoms with van der Waals surface area (Å²) in [6.07, 6.45) is 2.40. The molecule has 2 atom stereocenters. The minimum absolute atomic E-state index is 0.210. The predicted octanol–water partition coefficient (Wildman–Crippen LogP) is 1.38. The molecular formula is C16H21N3O3. The van der Waals surface area contributed by atoms with Crippen molar-refractivity contribution in [1.82, 2.24) is 15.1 Å². The van der Waals surface area contributed by atoms with Crippen LogP contribution < -0.4 is 10.1 Å². The van der Waals surface area contributed by atoms with E-state index in [1.54, 1.807) is 37.6 Å². The van der Waals surface area contributed by atoms with Crippen LogP contribution in [0.15, 0.2) is 42.7 Å². The van der Waals surface area contributed by atoms with Gasteiger partial charge < -0.3 is 15.2 Å². The van der Waals surface area contributed by atoms with E-state index < -0.39 is 12.0 Å². The van der Waals surface area contributed by atoms with Crippen LogP contribution in [0.3, 0.4) is 0 Å². The number of ether oxygens (including phenoxy) is 1. The molecule has 0 saturated carbocycles. The van der Waals surface area contributed by atoms with Crippen molar-refractivity contribution in [1.29, 1.82) is 0 Å². The Bertz CT molecular complexity index is 598. The molecule has 0 fully saturated rings. The lowest BCUT2D eigenvalue weighted by molar-refractivity contribution is -0.129. The first-order valence-corrected chi connectivity index (χ1v) is 7.17. The van der Waals surface area contributed by atoms with E-state index in [1.165, 1.54) is 0 Å². The molecule has 2 aromatic rings. The van der Waals surface area contributed by atoms with Gasteiger partial charge >= 0.3 is 0 Å². The van der Waals surface area contributed by atoms with E-state index in [2.05, 4.69) is 10.4 Å². The van der Waals surface area contributed by atoms with Crippen molar-refractivity contribution >= 4 is 5.91 Å². The molecule has 0 saturated heterocycles. The molecule has 118 valence electrons. The monoisotopic (exact) mass is 303 g/mol. The summed E-state index contributed by atoms with van der Waals surface area (Å²) < 4.78 is 6.90. The summed E-state index contributed by atoms with van der Waals surface area (Å²) in [4.78, 5) is 12.0. The van der Waals surface area contributed by atoms with Crippen molar-refractivity contribution in [3.8, 4) is 5.75 Å². The van der Waals surface area contributed by atoms with E-state index in [-0.39, 0.29) is 5.92 Å².